The van der Waals surface area contributed by atoms with Gasteiger partial charge >= 0.3 is 5.97 Å². The number of hydrogen-bond acceptors (Lipinski definition) is 3. The largest absolute Gasteiger partial charge is 0.488 e. The van der Waals surface area contributed by atoms with E-state index in [9.17, 15) is 14.3 Å². The molecule has 0 spiro atoms. The van der Waals surface area contributed by atoms with Gasteiger partial charge in [-0.05, 0) is 42.5 Å². The molecule has 0 saturated carbocycles. The summed E-state index contributed by atoms with van der Waals surface area (Å²) in [7, 11) is 0. The van der Waals surface area contributed by atoms with E-state index in [-0.39, 0.29) is 12.2 Å². The number of carboxylic acids is 1. The number of fused-ring (bicyclic) bond motifs is 1. The summed E-state index contributed by atoms with van der Waals surface area (Å²) >= 11 is 12.0. The summed E-state index contributed by atoms with van der Waals surface area (Å²) in [5, 5.41) is 10.2. The van der Waals surface area contributed by atoms with E-state index in [4.69, 9.17) is 27.9 Å². The number of ether oxygens (including phenoxy) is 1. The van der Waals surface area contributed by atoms with Gasteiger partial charge in [0.1, 0.15) is 23.7 Å². The molecule has 1 heterocycles. The van der Waals surface area contributed by atoms with Crippen molar-refractivity contribution in [1.82, 2.24) is 9.55 Å². The highest BCUT2D eigenvalue weighted by Crippen LogP contribution is 2.27. The standard InChI is InChI=1S/C22H15Cl2FN2O3/c23-15-6-7-20(30-11-13-4-5-16(24)9-18(13)25)14(8-15)10-27-12-26-21-17(22(28)29)2-1-3-19(21)27/h1-9,12H,10-11H2,(H,28,29). The molecule has 1 N–H and O–H groups in total. The number of carbonyl (C=O) groups is 1. The number of hydrogen-bond donors (Lipinski definition) is 1. The van der Waals surface area contributed by atoms with Crippen LogP contribution in [0, 0.1) is 5.82 Å². The Labute approximate surface area is 181 Å². The number of para-hydroxylation sites is 1. The maximum Gasteiger partial charge on any atom is 0.337 e. The van der Waals surface area contributed by atoms with E-state index in [1.807, 2.05) is 4.57 Å². The minimum atomic E-state index is -1.04. The van der Waals surface area contributed by atoms with Crippen molar-refractivity contribution in [3.63, 3.8) is 0 Å². The molecule has 4 rings (SSSR count). The molecule has 0 radical (unpaired) electrons. The molecule has 0 saturated heterocycles. The Morgan fingerprint density at radius 1 is 1.07 bits per heavy atom. The van der Waals surface area contributed by atoms with E-state index < -0.39 is 11.8 Å². The van der Waals surface area contributed by atoms with Gasteiger partial charge in [0, 0.05) is 21.2 Å². The molecule has 0 bridgehead atoms. The van der Waals surface area contributed by atoms with Crippen molar-refractivity contribution in [2.45, 2.75) is 13.2 Å². The van der Waals surface area contributed by atoms with Crippen molar-refractivity contribution in [1.29, 1.82) is 0 Å². The van der Waals surface area contributed by atoms with Gasteiger partial charge in [0.2, 0.25) is 0 Å². The first-order valence-electron chi connectivity index (χ1n) is 8.94. The van der Waals surface area contributed by atoms with Crippen molar-refractivity contribution >= 4 is 40.2 Å². The highest BCUT2D eigenvalue weighted by atomic mass is 35.5. The number of aromatic carboxylic acids is 1. The number of halogens is 3. The van der Waals surface area contributed by atoms with Crippen LogP contribution in [0.25, 0.3) is 11.0 Å². The second kappa shape index (κ2) is 8.34. The third-order valence-corrected chi connectivity index (χ3v) is 5.11. The molecule has 152 valence electrons. The number of aromatic nitrogens is 2. The Morgan fingerprint density at radius 3 is 2.60 bits per heavy atom. The normalized spacial score (nSPS) is 11.0. The number of imidazole rings is 1. The summed E-state index contributed by atoms with van der Waals surface area (Å²) in [5.74, 6) is -0.951. The van der Waals surface area contributed by atoms with Gasteiger partial charge in [-0.15, -0.1) is 0 Å². The van der Waals surface area contributed by atoms with Gasteiger partial charge in [0.15, 0.2) is 0 Å². The molecule has 0 atom stereocenters. The zero-order valence-corrected chi connectivity index (χ0v) is 17.0. The quantitative estimate of drug-likeness (QED) is 0.407. The lowest BCUT2D eigenvalue weighted by Gasteiger charge is -2.14. The SMILES string of the molecule is O=C(O)c1cccc2c1ncn2Cc1cc(Cl)ccc1OCc1ccc(Cl)cc1F. The number of carboxylic acid groups (broad SMARTS) is 1. The molecule has 0 unspecified atom stereocenters. The maximum absolute atomic E-state index is 14.1. The summed E-state index contributed by atoms with van der Waals surface area (Å²) < 4.78 is 21.7. The van der Waals surface area contributed by atoms with Crippen molar-refractivity contribution < 1.29 is 19.0 Å². The average Bonchev–Trinajstić information content (AvgIpc) is 3.11. The van der Waals surface area contributed by atoms with Crippen molar-refractivity contribution in [2.24, 2.45) is 0 Å². The highest BCUT2D eigenvalue weighted by molar-refractivity contribution is 6.30. The van der Waals surface area contributed by atoms with Crippen molar-refractivity contribution in [3.05, 3.63) is 93.5 Å². The minimum absolute atomic E-state index is 0.0193. The first-order chi connectivity index (χ1) is 14.4. The molecule has 4 aromatic rings. The predicted molar refractivity (Wildman–Crippen MR) is 113 cm³/mol. The molecule has 8 heteroatoms. The lowest BCUT2D eigenvalue weighted by atomic mass is 10.1. The van der Waals surface area contributed by atoms with Gasteiger partial charge < -0.3 is 14.4 Å². The molecular formula is C22H15Cl2FN2O3. The minimum Gasteiger partial charge on any atom is -0.488 e. The van der Waals surface area contributed by atoms with Gasteiger partial charge in [-0.1, -0.05) is 35.3 Å². The van der Waals surface area contributed by atoms with E-state index in [2.05, 4.69) is 4.98 Å². The van der Waals surface area contributed by atoms with Crippen LogP contribution < -0.4 is 4.74 Å². The molecular weight excluding hydrogens is 430 g/mol. The van der Waals surface area contributed by atoms with E-state index in [0.29, 0.717) is 38.9 Å². The average molecular weight is 445 g/mol. The Morgan fingerprint density at radius 2 is 1.83 bits per heavy atom. The fraction of sp³-hybridized carbons (Fsp3) is 0.0909. The Kier molecular flexibility index (Phi) is 5.61. The van der Waals surface area contributed by atoms with E-state index in [0.717, 1.165) is 5.56 Å². The zero-order chi connectivity index (χ0) is 21.3. The first-order valence-corrected chi connectivity index (χ1v) is 9.70. The van der Waals surface area contributed by atoms with Crippen LogP contribution in [-0.2, 0) is 13.2 Å². The topological polar surface area (TPSA) is 64.3 Å². The van der Waals surface area contributed by atoms with Crippen LogP contribution in [0.15, 0.2) is 60.9 Å². The predicted octanol–water partition coefficient (Wildman–Crippen LogP) is 5.81. The molecule has 5 nitrogen and oxygen atoms in total. The summed E-state index contributed by atoms with van der Waals surface area (Å²) in [6.45, 7) is 0.365. The monoisotopic (exact) mass is 444 g/mol. The molecule has 1 aromatic heterocycles. The fourth-order valence-corrected chi connectivity index (χ4v) is 3.53. The molecule has 0 aliphatic heterocycles. The van der Waals surface area contributed by atoms with Crippen molar-refractivity contribution in [2.75, 3.05) is 0 Å². The van der Waals surface area contributed by atoms with Crippen LogP contribution in [0.4, 0.5) is 4.39 Å². The van der Waals surface area contributed by atoms with Crippen LogP contribution in [0.2, 0.25) is 10.0 Å². The lowest BCUT2D eigenvalue weighted by Crippen LogP contribution is -2.04. The Balaban J connectivity index is 1.64. The van der Waals surface area contributed by atoms with Gasteiger partial charge in [-0.3, -0.25) is 0 Å². The van der Waals surface area contributed by atoms with Crippen LogP contribution in [0.5, 0.6) is 5.75 Å². The molecule has 0 fully saturated rings. The second-order valence-corrected chi connectivity index (χ2v) is 7.50. The summed E-state index contributed by atoms with van der Waals surface area (Å²) in [6, 6.07) is 14.5. The molecule has 0 aliphatic rings. The maximum atomic E-state index is 14.1. The van der Waals surface area contributed by atoms with E-state index in [1.54, 1.807) is 48.8 Å². The van der Waals surface area contributed by atoms with Gasteiger partial charge in [-0.2, -0.15) is 0 Å². The zero-order valence-electron chi connectivity index (χ0n) is 15.5. The summed E-state index contributed by atoms with van der Waals surface area (Å²) in [4.78, 5) is 15.7. The summed E-state index contributed by atoms with van der Waals surface area (Å²) in [5.41, 5.74) is 2.32. The van der Waals surface area contributed by atoms with Crippen LogP contribution in [0.1, 0.15) is 21.5 Å². The van der Waals surface area contributed by atoms with Crippen LogP contribution in [-0.4, -0.2) is 20.6 Å². The lowest BCUT2D eigenvalue weighted by molar-refractivity contribution is 0.0699. The summed E-state index contributed by atoms with van der Waals surface area (Å²) in [6.07, 6.45) is 1.57. The molecule has 0 amide bonds. The Bertz CT molecular complexity index is 1260. The smallest absolute Gasteiger partial charge is 0.337 e. The van der Waals surface area contributed by atoms with Crippen molar-refractivity contribution in [3.8, 4) is 5.75 Å². The first kappa shape index (κ1) is 20.2. The van der Waals surface area contributed by atoms with Gasteiger partial charge in [0.05, 0.1) is 24.0 Å². The number of benzene rings is 3. The van der Waals surface area contributed by atoms with Crippen LogP contribution >= 0.6 is 23.2 Å². The fourth-order valence-electron chi connectivity index (χ4n) is 3.18. The van der Waals surface area contributed by atoms with E-state index >= 15 is 0 Å². The van der Waals surface area contributed by atoms with Gasteiger partial charge in [0.25, 0.3) is 0 Å². The van der Waals surface area contributed by atoms with E-state index in [1.165, 1.54) is 12.1 Å². The third kappa shape index (κ3) is 4.10. The number of nitrogens with zero attached hydrogens (tertiary/aromatic N) is 2. The third-order valence-electron chi connectivity index (χ3n) is 4.64. The molecule has 3 aromatic carbocycles. The molecule has 30 heavy (non-hydrogen) atoms. The second-order valence-electron chi connectivity index (χ2n) is 6.63. The van der Waals surface area contributed by atoms with Crippen LogP contribution in [0.3, 0.4) is 0 Å². The van der Waals surface area contributed by atoms with Gasteiger partial charge in [-0.25, -0.2) is 14.2 Å². The number of rotatable bonds is 6. The Hall–Kier alpha value is -3.09. The molecule has 0 aliphatic carbocycles. The highest BCUT2D eigenvalue weighted by Gasteiger charge is 2.14.